The highest BCUT2D eigenvalue weighted by molar-refractivity contribution is 6.43. The van der Waals surface area contributed by atoms with Crippen LogP contribution in [-0.2, 0) is 14.4 Å². The maximum Gasteiger partial charge on any atom is 0.314 e. The van der Waals surface area contributed by atoms with Crippen molar-refractivity contribution in [2.24, 2.45) is 0 Å². The summed E-state index contributed by atoms with van der Waals surface area (Å²) in [5.74, 6) is -1.85. The fourth-order valence-electron chi connectivity index (χ4n) is 1.69. The molecular weight excluding hydrogens is 284 g/mol. The van der Waals surface area contributed by atoms with E-state index < -0.39 is 11.8 Å². The van der Waals surface area contributed by atoms with Gasteiger partial charge in [0.05, 0.1) is 11.9 Å². The number of hydrogen-bond acceptors (Lipinski definition) is 4. The average Bonchev–Trinajstić information content (AvgIpc) is 2.48. The summed E-state index contributed by atoms with van der Waals surface area (Å²) in [4.78, 5) is 38.4. The number of benzene rings is 1. The lowest BCUT2D eigenvalue weighted by Crippen LogP contribution is -2.29. The fraction of sp³-hybridized carbons (Fsp3) is 0.0667. The summed E-state index contributed by atoms with van der Waals surface area (Å²) >= 11 is 0. The minimum absolute atomic E-state index is 0.224. The Morgan fingerprint density at radius 1 is 0.864 bits per heavy atom. The summed E-state index contributed by atoms with van der Waals surface area (Å²) in [5.41, 5.74) is 1.35. The third kappa shape index (κ3) is 4.41. The smallest absolute Gasteiger partial charge is 0.314 e. The van der Waals surface area contributed by atoms with Gasteiger partial charge in [-0.25, -0.2) is 0 Å². The molecule has 1 aromatic carbocycles. The molecule has 2 rings (SSSR count). The van der Waals surface area contributed by atoms with E-state index >= 15 is 0 Å². The van der Waals surface area contributed by atoms with Crippen molar-refractivity contribution in [2.75, 3.05) is 16.0 Å². The molecule has 0 spiro atoms. The number of nitrogens with one attached hydrogen (secondary N) is 3. The Hall–Kier alpha value is -3.22. The van der Waals surface area contributed by atoms with Crippen LogP contribution in [0.5, 0.6) is 0 Å². The number of pyridine rings is 1. The maximum atomic E-state index is 11.8. The molecule has 3 N–H and O–H groups in total. The van der Waals surface area contributed by atoms with Crippen LogP contribution in [0.15, 0.2) is 48.8 Å². The van der Waals surface area contributed by atoms with Crippen molar-refractivity contribution in [1.82, 2.24) is 4.98 Å². The summed E-state index contributed by atoms with van der Waals surface area (Å²) < 4.78 is 0. The molecule has 0 saturated heterocycles. The minimum Gasteiger partial charge on any atom is -0.326 e. The summed E-state index contributed by atoms with van der Waals surface area (Å²) in [5, 5.41) is 7.47. The SMILES string of the molecule is CC(=O)Nc1cccc(NC(=O)C(=O)Nc2cccnc2)c1. The molecule has 3 amide bonds. The Balaban J connectivity index is 1.99. The number of carbonyl (C=O) groups is 3. The Morgan fingerprint density at radius 2 is 1.45 bits per heavy atom. The van der Waals surface area contributed by atoms with Crippen molar-refractivity contribution in [1.29, 1.82) is 0 Å². The molecule has 1 heterocycles. The third-order valence-corrected chi connectivity index (χ3v) is 2.57. The molecule has 7 heteroatoms. The lowest BCUT2D eigenvalue weighted by Gasteiger charge is -2.08. The summed E-state index contributed by atoms with van der Waals surface area (Å²) in [6.45, 7) is 1.38. The van der Waals surface area contributed by atoms with Crippen molar-refractivity contribution in [3.63, 3.8) is 0 Å². The third-order valence-electron chi connectivity index (χ3n) is 2.57. The zero-order valence-electron chi connectivity index (χ0n) is 11.8. The molecule has 0 saturated carbocycles. The van der Waals surface area contributed by atoms with Gasteiger partial charge in [-0.15, -0.1) is 0 Å². The number of amides is 3. The first-order valence-corrected chi connectivity index (χ1v) is 6.44. The number of anilines is 3. The van der Waals surface area contributed by atoms with Crippen molar-refractivity contribution < 1.29 is 14.4 Å². The van der Waals surface area contributed by atoms with Gasteiger partial charge in [0.2, 0.25) is 5.91 Å². The van der Waals surface area contributed by atoms with Gasteiger partial charge in [-0.05, 0) is 30.3 Å². The van der Waals surface area contributed by atoms with E-state index in [0.717, 1.165) is 0 Å². The van der Waals surface area contributed by atoms with E-state index in [1.165, 1.54) is 13.1 Å². The largest absolute Gasteiger partial charge is 0.326 e. The van der Waals surface area contributed by atoms with Crippen LogP contribution >= 0.6 is 0 Å². The van der Waals surface area contributed by atoms with Crippen LogP contribution in [0.1, 0.15) is 6.92 Å². The summed E-state index contributed by atoms with van der Waals surface area (Å²) in [7, 11) is 0. The predicted molar refractivity (Wildman–Crippen MR) is 82.2 cm³/mol. The molecule has 112 valence electrons. The monoisotopic (exact) mass is 298 g/mol. The number of carbonyl (C=O) groups excluding carboxylic acids is 3. The molecule has 0 atom stereocenters. The average molecular weight is 298 g/mol. The van der Waals surface area contributed by atoms with Gasteiger partial charge in [0.25, 0.3) is 0 Å². The van der Waals surface area contributed by atoms with E-state index in [1.807, 2.05) is 0 Å². The molecule has 0 aliphatic carbocycles. The van der Waals surface area contributed by atoms with E-state index in [0.29, 0.717) is 17.1 Å². The molecule has 7 nitrogen and oxygen atoms in total. The molecule has 1 aromatic heterocycles. The van der Waals surface area contributed by atoms with Gasteiger partial charge < -0.3 is 16.0 Å². The number of nitrogens with zero attached hydrogens (tertiary/aromatic N) is 1. The van der Waals surface area contributed by atoms with E-state index in [-0.39, 0.29) is 5.91 Å². The first kappa shape index (κ1) is 15.2. The van der Waals surface area contributed by atoms with Gasteiger partial charge in [-0.2, -0.15) is 0 Å². The molecule has 0 fully saturated rings. The van der Waals surface area contributed by atoms with Gasteiger partial charge >= 0.3 is 11.8 Å². The van der Waals surface area contributed by atoms with Crippen LogP contribution in [0.2, 0.25) is 0 Å². The van der Waals surface area contributed by atoms with Gasteiger partial charge in [0.1, 0.15) is 0 Å². The van der Waals surface area contributed by atoms with E-state index in [1.54, 1.807) is 42.6 Å². The zero-order chi connectivity index (χ0) is 15.9. The van der Waals surface area contributed by atoms with Crippen molar-refractivity contribution >= 4 is 34.8 Å². The first-order chi connectivity index (χ1) is 10.5. The molecule has 0 bridgehead atoms. The Bertz CT molecular complexity index is 701. The van der Waals surface area contributed by atoms with Gasteiger partial charge in [0.15, 0.2) is 0 Å². The summed E-state index contributed by atoms with van der Waals surface area (Å²) in [6.07, 6.45) is 2.99. The van der Waals surface area contributed by atoms with Crippen LogP contribution in [-0.4, -0.2) is 22.7 Å². The molecule has 22 heavy (non-hydrogen) atoms. The number of aromatic nitrogens is 1. The van der Waals surface area contributed by atoms with Gasteiger partial charge in [-0.3, -0.25) is 19.4 Å². The number of hydrogen-bond donors (Lipinski definition) is 3. The lowest BCUT2D eigenvalue weighted by molar-refractivity contribution is -0.133. The highest BCUT2D eigenvalue weighted by Crippen LogP contribution is 2.15. The second-order valence-electron chi connectivity index (χ2n) is 4.41. The quantitative estimate of drug-likeness (QED) is 0.749. The normalized spacial score (nSPS) is 9.68. The molecule has 2 aromatic rings. The van der Waals surface area contributed by atoms with Crippen molar-refractivity contribution in [3.05, 3.63) is 48.8 Å². The second-order valence-corrected chi connectivity index (χ2v) is 4.41. The van der Waals surface area contributed by atoms with E-state index in [9.17, 15) is 14.4 Å². The van der Waals surface area contributed by atoms with Crippen LogP contribution in [0.25, 0.3) is 0 Å². The second kappa shape index (κ2) is 6.98. The van der Waals surface area contributed by atoms with Gasteiger partial charge in [0, 0.05) is 24.5 Å². The predicted octanol–water partition coefficient (Wildman–Crippen LogP) is 1.62. The highest BCUT2D eigenvalue weighted by atomic mass is 16.2. The minimum atomic E-state index is -0.816. The number of rotatable bonds is 3. The summed E-state index contributed by atoms with van der Waals surface area (Å²) in [6, 6.07) is 9.75. The van der Waals surface area contributed by atoms with E-state index in [2.05, 4.69) is 20.9 Å². The van der Waals surface area contributed by atoms with Crippen LogP contribution in [0.3, 0.4) is 0 Å². The Kier molecular flexibility index (Phi) is 4.81. The molecule has 0 aliphatic rings. The fourth-order valence-corrected chi connectivity index (χ4v) is 1.69. The van der Waals surface area contributed by atoms with Crippen LogP contribution < -0.4 is 16.0 Å². The highest BCUT2D eigenvalue weighted by Gasteiger charge is 2.14. The molecule has 0 unspecified atom stereocenters. The van der Waals surface area contributed by atoms with E-state index in [4.69, 9.17) is 0 Å². The molecule has 0 radical (unpaired) electrons. The van der Waals surface area contributed by atoms with Crippen molar-refractivity contribution in [2.45, 2.75) is 6.92 Å². The van der Waals surface area contributed by atoms with Crippen LogP contribution in [0, 0.1) is 0 Å². The van der Waals surface area contributed by atoms with Crippen molar-refractivity contribution in [3.8, 4) is 0 Å². The molecular formula is C15H14N4O3. The zero-order valence-corrected chi connectivity index (χ0v) is 11.8. The lowest BCUT2D eigenvalue weighted by atomic mass is 10.2. The van der Waals surface area contributed by atoms with Crippen LogP contribution in [0.4, 0.5) is 17.1 Å². The Morgan fingerprint density at radius 3 is 2.05 bits per heavy atom. The molecule has 0 aliphatic heterocycles. The van der Waals surface area contributed by atoms with Gasteiger partial charge in [-0.1, -0.05) is 6.07 Å². The topological polar surface area (TPSA) is 100 Å². The maximum absolute atomic E-state index is 11.8. The first-order valence-electron chi connectivity index (χ1n) is 6.44. The standard InChI is InChI=1S/C15H14N4O3/c1-10(20)17-11-4-2-5-12(8-11)18-14(21)15(22)19-13-6-3-7-16-9-13/h2-9H,1H3,(H,17,20)(H,18,21)(H,19,22). The Labute approximate surface area is 126 Å².